The molecule has 0 spiro atoms. The van der Waals surface area contributed by atoms with E-state index in [1.54, 1.807) is 0 Å². The average molecular weight is 260 g/mol. The van der Waals surface area contributed by atoms with Gasteiger partial charge in [0.05, 0.1) is 16.6 Å². The summed E-state index contributed by atoms with van der Waals surface area (Å²) in [6, 6.07) is 6.78. The lowest BCUT2D eigenvalue weighted by Crippen LogP contribution is -2.32. The zero-order valence-electron chi connectivity index (χ0n) is 10.5. The van der Waals surface area contributed by atoms with Crippen LogP contribution >= 0.6 is 0 Å². The molecule has 1 aliphatic rings. The van der Waals surface area contributed by atoms with Gasteiger partial charge < -0.3 is 11.1 Å². The van der Waals surface area contributed by atoms with E-state index in [4.69, 9.17) is 11.0 Å². The quantitative estimate of drug-likeness (QED) is 0.640. The van der Waals surface area contributed by atoms with Crippen molar-refractivity contribution >= 4 is 11.4 Å². The molecule has 1 saturated carbocycles. The highest BCUT2D eigenvalue weighted by atomic mass is 16.6. The molecule has 0 bridgehead atoms. The number of nitrogens with one attached hydrogen (secondary N) is 1. The van der Waals surface area contributed by atoms with E-state index in [1.165, 1.54) is 18.2 Å². The van der Waals surface area contributed by atoms with E-state index >= 15 is 0 Å². The van der Waals surface area contributed by atoms with Crippen molar-refractivity contribution in [2.45, 2.75) is 37.8 Å². The molecule has 0 unspecified atom stereocenters. The normalized spacial score (nSPS) is 22.5. The van der Waals surface area contributed by atoms with Gasteiger partial charge in [-0.3, -0.25) is 10.1 Å². The van der Waals surface area contributed by atoms with Crippen LogP contribution in [0.2, 0.25) is 0 Å². The Morgan fingerprint density at radius 2 is 2.05 bits per heavy atom. The van der Waals surface area contributed by atoms with Gasteiger partial charge in [0.15, 0.2) is 0 Å². The third-order valence-electron chi connectivity index (χ3n) is 3.45. The highest BCUT2D eigenvalue weighted by molar-refractivity contribution is 5.64. The Balaban J connectivity index is 2.18. The number of rotatable bonds is 3. The van der Waals surface area contributed by atoms with E-state index in [2.05, 4.69) is 5.32 Å². The van der Waals surface area contributed by atoms with Crippen molar-refractivity contribution in [1.82, 2.24) is 0 Å². The molecule has 0 aliphatic heterocycles. The molecule has 0 radical (unpaired) electrons. The van der Waals surface area contributed by atoms with Gasteiger partial charge >= 0.3 is 0 Å². The summed E-state index contributed by atoms with van der Waals surface area (Å²) in [5.74, 6) is 0. The van der Waals surface area contributed by atoms with Crippen molar-refractivity contribution in [2.75, 3.05) is 5.32 Å². The standard InChI is InChI=1S/C13H16N4O2/c14-8-9-1-6-13(17(18)19)12(7-9)16-11-4-2-10(15)3-5-11/h1,6-7,10-11,16H,2-5,15H2. The van der Waals surface area contributed by atoms with E-state index in [-0.39, 0.29) is 17.8 Å². The van der Waals surface area contributed by atoms with Crippen LogP contribution in [0.25, 0.3) is 0 Å². The zero-order chi connectivity index (χ0) is 13.8. The first-order valence-electron chi connectivity index (χ1n) is 6.31. The van der Waals surface area contributed by atoms with Crippen molar-refractivity contribution < 1.29 is 4.92 Å². The smallest absolute Gasteiger partial charge is 0.292 e. The molecule has 100 valence electrons. The van der Waals surface area contributed by atoms with Gasteiger partial charge in [0, 0.05) is 18.2 Å². The summed E-state index contributed by atoms with van der Waals surface area (Å²) in [7, 11) is 0. The largest absolute Gasteiger partial charge is 0.377 e. The Hall–Kier alpha value is -2.13. The molecular formula is C13H16N4O2. The summed E-state index contributed by atoms with van der Waals surface area (Å²) in [6.07, 6.45) is 3.64. The molecule has 6 heteroatoms. The fraction of sp³-hybridized carbons (Fsp3) is 0.462. The van der Waals surface area contributed by atoms with E-state index in [0.717, 1.165) is 25.7 Å². The van der Waals surface area contributed by atoms with Crippen LogP contribution in [0.4, 0.5) is 11.4 Å². The van der Waals surface area contributed by atoms with Gasteiger partial charge in [0.1, 0.15) is 5.69 Å². The second kappa shape index (κ2) is 5.67. The number of nitrogens with two attached hydrogens (primary N) is 1. The highest BCUT2D eigenvalue weighted by Gasteiger charge is 2.22. The molecule has 0 atom stereocenters. The molecule has 0 heterocycles. The lowest BCUT2D eigenvalue weighted by molar-refractivity contribution is -0.384. The number of anilines is 1. The summed E-state index contributed by atoms with van der Waals surface area (Å²) in [5, 5.41) is 23.0. The minimum Gasteiger partial charge on any atom is -0.377 e. The van der Waals surface area contributed by atoms with Gasteiger partial charge in [-0.15, -0.1) is 0 Å². The number of hydrogen-bond donors (Lipinski definition) is 2. The summed E-state index contributed by atoms with van der Waals surface area (Å²) in [5.41, 5.74) is 6.68. The van der Waals surface area contributed by atoms with E-state index in [0.29, 0.717) is 11.3 Å². The molecule has 1 aromatic rings. The number of nitrogens with zero attached hydrogens (tertiary/aromatic N) is 2. The Kier molecular flexibility index (Phi) is 3.97. The summed E-state index contributed by atoms with van der Waals surface area (Å²) in [6.45, 7) is 0. The van der Waals surface area contributed by atoms with E-state index in [1.807, 2.05) is 6.07 Å². The molecule has 1 aliphatic carbocycles. The van der Waals surface area contributed by atoms with Gasteiger partial charge in [0.25, 0.3) is 5.69 Å². The molecule has 0 aromatic heterocycles. The van der Waals surface area contributed by atoms with Gasteiger partial charge in [-0.05, 0) is 37.8 Å². The third kappa shape index (κ3) is 3.20. The lowest BCUT2D eigenvalue weighted by Gasteiger charge is -2.27. The molecule has 1 aromatic carbocycles. The molecular weight excluding hydrogens is 244 g/mol. The topological polar surface area (TPSA) is 105 Å². The Morgan fingerprint density at radius 3 is 2.63 bits per heavy atom. The van der Waals surface area contributed by atoms with Crippen LogP contribution in [0, 0.1) is 21.4 Å². The predicted octanol–water partition coefficient (Wildman–Crippen LogP) is 2.15. The van der Waals surface area contributed by atoms with Crippen LogP contribution in [0.5, 0.6) is 0 Å². The minimum atomic E-state index is -0.432. The first kappa shape index (κ1) is 13.3. The second-order valence-corrected chi connectivity index (χ2v) is 4.86. The molecule has 1 fully saturated rings. The monoisotopic (exact) mass is 260 g/mol. The Bertz CT molecular complexity index is 516. The molecule has 0 amide bonds. The maximum Gasteiger partial charge on any atom is 0.292 e. The first-order valence-corrected chi connectivity index (χ1v) is 6.31. The number of nitro benzene ring substituents is 1. The number of nitro groups is 1. The Labute approximate surface area is 111 Å². The lowest BCUT2D eigenvalue weighted by atomic mass is 9.91. The van der Waals surface area contributed by atoms with Crippen LogP contribution in [0.15, 0.2) is 18.2 Å². The van der Waals surface area contributed by atoms with Crippen molar-refractivity contribution in [3.63, 3.8) is 0 Å². The van der Waals surface area contributed by atoms with Gasteiger partial charge in [-0.25, -0.2) is 0 Å². The minimum absolute atomic E-state index is 0.00821. The zero-order valence-corrected chi connectivity index (χ0v) is 10.5. The molecule has 19 heavy (non-hydrogen) atoms. The second-order valence-electron chi connectivity index (χ2n) is 4.86. The van der Waals surface area contributed by atoms with Crippen molar-refractivity contribution in [2.24, 2.45) is 5.73 Å². The Morgan fingerprint density at radius 1 is 1.37 bits per heavy atom. The number of benzene rings is 1. The maximum absolute atomic E-state index is 11.0. The molecule has 3 N–H and O–H groups in total. The molecule has 6 nitrogen and oxygen atoms in total. The fourth-order valence-electron chi connectivity index (χ4n) is 2.36. The van der Waals surface area contributed by atoms with Crippen LogP contribution in [0.1, 0.15) is 31.2 Å². The van der Waals surface area contributed by atoms with Crippen LogP contribution < -0.4 is 11.1 Å². The first-order chi connectivity index (χ1) is 9.10. The SMILES string of the molecule is N#Cc1ccc([N+](=O)[O-])c(NC2CCC(N)CC2)c1. The number of hydrogen-bond acceptors (Lipinski definition) is 5. The number of nitriles is 1. The van der Waals surface area contributed by atoms with Gasteiger partial charge in [0.2, 0.25) is 0 Å². The maximum atomic E-state index is 11.0. The molecule has 2 rings (SSSR count). The highest BCUT2D eigenvalue weighted by Crippen LogP contribution is 2.29. The van der Waals surface area contributed by atoms with E-state index in [9.17, 15) is 10.1 Å². The third-order valence-corrected chi connectivity index (χ3v) is 3.45. The van der Waals surface area contributed by atoms with Crippen molar-refractivity contribution in [1.29, 1.82) is 5.26 Å². The fourth-order valence-corrected chi connectivity index (χ4v) is 2.36. The summed E-state index contributed by atoms with van der Waals surface area (Å²) in [4.78, 5) is 10.5. The van der Waals surface area contributed by atoms with Crippen molar-refractivity contribution in [3.8, 4) is 6.07 Å². The van der Waals surface area contributed by atoms with Crippen molar-refractivity contribution in [3.05, 3.63) is 33.9 Å². The van der Waals surface area contributed by atoms with Crippen LogP contribution in [0.3, 0.4) is 0 Å². The van der Waals surface area contributed by atoms with Crippen LogP contribution in [-0.2, 0) is 0 Å². The summed E-state index contributed by atoms with van der Waals surface area (Å²) >= 11 is 0. The van der Waals surface area contributed by atoms with Crippen LogP contribution in [-0.4, -0.2) is 17.0 Å². The van der Waals surface area contributed by atoms with E-state index < -0.39 is 4.92 Å². The summed E-state index contributed by atoms with van der Waals surface area (Å²) < 4.78 is 0. The average Bonchev–Trinajstić information content (AvgIpc) is 2.41. The van der Waals surface area contributed by atoms with Gasteiger partial charge in [-0.1, -0.05) is 0 Å². The van der Waals surface area contributed by atoms with Gasteiger partial charge in [-0.2, -0.15) is 5.26 Å². The molecule has 0 saturated heterocycles. The predicted molar refractivity (Wildman–Crippen MR) is 71.7 cm³/mol.